The molecule has 0 atom stereocenters. The molecule has 3 aromatic heterocycles. The molecular formula is C42H24N6. The zero-order chi connectivity index (χ0) is 32.9. The number of benzene rings is 4. The maximum absolute atomic E-state index is 9.32. The fourth-order valence-electron chi connectivity index (χ4n) is 5.65. The smallest absolute Gasteiger partial charge is 0.101 e. The van der Waals surface area contributed by atoms with Crippen molar-refractivity contribution < 1.29 is 0 Å². The summed E-state index contributed by atoms with van der Waals surface area (Å²) in [6.07, 6.45) is 8.30. The van der Waals surface area contributed by atoms with Gasteiger partial charge in [0.25, 0.3) is 0 Å². The van der Waals surface area contributed by atoms with Crippen molar-refractivity contribution in [3.05, 3.63) is 163 Å². The van der Waals surface area contributed by atoms with Crippen molar-refractivity contribution in [2.75, 3.05) is 0 Å². The molecule has 7 rings (SSSR count). The van der Waals surface area contributed by atoms with Crippen molar-refractivity contribution in [2.45, 2.75) is 0 Å². The maximum atomic E-state index is 9.32. The third-order valence-electron chi connectivity index (χ3n) is 8.17. The molecule has 0 saturated heterocycles. The van der Waals surface area contributed by atoms with Crippen LogP contribution in [0.3, 0.4) is 0 Å². The predicted octanol–water partition coefficient (Wildman–Crippen LogP) is 9.49. The molecule has 6 nitrogen and oxygen atoms in total. The summed E-state index contributed by atoms with van der Waals surface area (Å²) in [4.78, 5) is 12.9. The fourth-order valence-corrected chi connectivity index (χ4v) is 5.65. The second-order valence-electron chi connectivity index (χ2n) is 11.2. The Morgan fingerprint density at radius 3 is 1.10 bits per heavy atom. The molecule has 0 aliphatic heterocycles. The molecule has 0 aliphatic carbocycles. The number of hydrogen-bond donors (Lipinski definition) is 0. The number of nitriles is 3. The number of nitrogens with zero attached hydrogens (tertiary/aromatic N) is 6. The highest BCUT2D eigenvalue weighted by molar-refractivity contribution is 5.83. The van der Waals surface area contributed by atoms with E-state index < -0.39 is 0 Å². The van der Waals surface area contributed by atoms with E-state index in [9.17, 15) is 15.8 Å². The fraction of sp³-hybridized carbons (Fsp3) is 0. The van der Waals surface area contributed by atoms with Gasteiger partial charge >= 0.3 is 0 Å². The SMILES string of the molecule is N#Cc1cncc(-c2ccc(-c3cc(-c4ccc(-c5cncc(C#N)c5)cc4)cc(-c4ccc(-c5cc(C#N)ccn5)cc4)c3)cc2)c1. The van der Waals surface area contributed by atoms with Crippen LogP contribution in [-0.2, 0) is 0 Å². The second kappa shape index (κ2) is 13.0. The first-order chi connectivity index (χ1) is 23.6. The molecule has 7 aromatic rings. The van der Waals surface area contributed by atoms with Gasteiger partial charge in [-0.25, -0.2) is 0 Å². The maximum Gasteiger partial charge on any atom is 0.101 e. The van der Waals surface area contributed by atoms with E-state index in [2.05, 4.69) is 112 Å². The van der Waals surface area contributed by atoms with Crippen LogP contribution < -0.4 is 0 Å². The summed E-state index contributed by atoms with van der Waals surface area (Å²) in [6, 6.07) is 45.0. The Morgan fingerprint density at radius 2 is 0.708 bits per heavy atom. The van der Waals surface area contributed by atoms with Crippen LogP contribution in [0.1, 0.15) is 16.7 Å². The van der Waals surface area contributed by atoms with Gasteiger partial charge in [-0.2, -0.15) is 15.8 Å². The molecule has 0 bridgehead atoms. The number of hydrogen-bond acceptors (Lipinski definition) is 6. The summed E-state index contributed by atoms with van der Waals surface area (Å²) in [5.74, 6) is 0. The molecule has 0 unspecified atom stereocenters. The van der Waals surface area contributed by atoms with Crippen LogP contribution in [0.5, 0.6) is 0 Å². The lowest BCUT2D eigenvalue weighted by molar-refractivity contribution is 1.30. The average molecular weight is 613 g/mol. The molecule has 222 valence electrons. The number of pyridine rings is 3. The topological polar surface area (TPSA) is 110 Å². The molecular weight excluding hydrogens is 589 g/mol. The third-order valence-corrected chi connectivity index (χ3v) is 8.17. The highest BCUT2D eigenvalue weighted by atomic mass is 14.7. The van der Waals surface area contributed by atoms with Crippen LogP contribution in [0.25, 0.3) is 66.9 Å². The van der Waals surface area contributed by atoms with Crippen molar-refractivity contribution in [2.24, 2.45) is 0 Å². The minimum absolute atomic E-state index is 0.522. The Balaban J connectivity index is 1.28. The molecule has 0 N–H and O–H groups in total. The van der Waals surface area contributed by atoms with Crippen LogP contribution in [0.4, 0.5) is 0 Å². The van der Waals surface area contributed by atoms with Crippen molar-refractivity contribution in [3.63, 3.8) is 0 Å². The highest BCUT2D eigenvalue weighted by Gasteiger charge is 2.11. The van der Waals surface area contributed by atoms with Gasteiger partial charge in [0.2, 0.25) is 0 Å². The van der Waals surface area contributed by atoms with E-state index in [4.69, 9.17) is 0 Å². The van der Waals surface area contributed by atoms with E-state index in [-0.39, 0.29) is 0 Å². The van der Waals surface area contributed by atoms with Gasteiger partial charge in [0, 0.05) is 47.7 Å². The summed E-state index contributed by atoms with van der Waals surface area (Å²) < 4.78 is 0. The molecule has 3 heterocycles. The summed E-state index contributed by atoms with van der Waals surface area (Å²) >= 11 is 0. The van der Waals surface area contributed by atoms with Gasteiger partial charge in [-0.3, -0.25) is 15.0 Å². The molecule has 0 spiro atoms. The average Bonchev–Trinajstić information content (AvgIpc) is 3.18. The highest BCUT2D eigenvalue weighted by Crippen LogP contribution is 2.35. The zero-order valence-electron chi connectivity index (χ0n) is 25.5. The Hall–Kier alpha value is -7.20. The molecule has 0 fully saturated rings. The molecule has 0 amide bonds. The van der Waals surface area contributed by atoms with Crippen molar-refractivity contribution in [1.29, 1.82) is 15.8 Å². The largest absolute Gasteiger partial charge is 0.263 e. The van der Waals surface area contributed by atoms with E-state index >= 15 is 0 Å². The second-order valence-corrected chi connectivity index (χ2v) is 11.2. The standard InChI is InChI=1S/C42H24N6/c43-21-28-13-14-48-42(17-28)36-11-9-33(10-12-36)39-19-37(31-1-5-34(6-2-31)40-15-29(22-44)24-46-26-40)18-38(20-39)32-3-7-35(8-4-32)41-16-30(23-45)25-47-27-41/h1-20,24-27H. The first kappa shape index (κ1) is 29.5. The minimum Gasteiger partial charge on any atom is -0.263 e. The summed E-state index contributed by atoms with van der Waals surface area (Å²) in [5.41, 5.74) is 13.4. The van der Waals surface area contributed by atoms with Crippen molar-refractivity contribution in [1.82, 2.24) is 15.0 Å². The molecule has 6 heteroatoms. The van der Waals surface area contributed by atoms with Crippen LogP contribution >= 0.6 is 0 Å². The quantitative estimate of drug-likeness (QED) is 0.185. The molecule has 0 aliphatic rings. The Bertz CT molecular complexity index is 2120. The van der Waals surface area contributed by atoms with E-state index in [1.54, 1.807) is 43.1 Å². The Morgan fingerprint density at radius 1 is 0.333 bits per heavy atom. The monoisotopic (exact) mass is 612 g/mol. The van der Waals surface area contributed by atoms with Gasteiger partial charge < -0.3 is 0 Å². The predicted molar refractivity (Wildman–Crippen MR) is 187 cm³/mol. The normalized spacial score (nSPS) is 10.4. The van der Waals surface area contributed by atoms with Crippen LogP contribution in [-0.4, -0.2) is 15.0 Å². The zero-order valence-corrected chi connectivity index (χ0v) is 25.5. The molecule has 0 saturated carbocycles. The van der Waals surface area contributed by atoms with Gasteiger partial charge in [0.05, 0.1) is 28.5 Å². The van der Waals surface area contributed by atoms with E-state index in [0.717, 1.165) is 66.9 Å². The van der Waals surface area contributed by atoms with Crippen molar-refractivity contribution in [3.8, 4) is 85.1 Å². The van der Waals surface area contributed by atoms with E-state index in [1.165, 1.54) is 0 Å². The van der Waals surface area contributed by atoms with E-state index in [1.807, 2.05) is 24.3 Å². The number of rotatable bonds is 6. The van der Waals surface area contributed by atoms with Crippen LogP contribution in [0, 0.1) is 34.0 Å². The van der Waals surface area contributed by atoms with Crippen LogP contribution in [0.2, 0.25) is 0 Å². The van der Waals surface area contributed by atoms with Crippen molar-refractivity contribution >= 4 is 0 Å². The van der Waals surface area contributed by atoms with Crippen LogP contribution in [0.15, 0.2) is 146 Å². The first-order valence-corrected chi connectivity index (χ1v) is 15.1. The summed E-state index contributed by atoms with van der Waals surface area (Å²) in [6.45, 7) is 0. The van der Waals surface area contributed by atoms with Gasteiger partial charge in [-0.1, -0.05) is 72.8 Å². The van der Waals surface area contributed by atoms with Gasteiger partial charge in [-0.15, -0.1) is 0 Å². The molecule has 4 aromatic carbocycles. The first-order valence-electron chi connectivity index (χ1n) is 15.1. The van der Waals surface area contributed by atoms with Gasteiger partial charge in [0.15, 0.2) is 0 Å². The minimum atomic E-state index is 0.522. The van der Waals surface area contributed by atoms with E-state index in [0.29, 0.717) is 16.7 Å². The lowest BCUT2D eigenvalue weighted by atomic mass is 9.91. The molecule has 0 radical (unpaired) electrons. The molecule has 48 heavy (non-hydrogen) atoms. The third kappa shape index (κ3) is 6.17. The Kier molecular flexibility index (Phi) is 8.01. The van der Waals surface area contributed by atoms with Gasteiger partial charge in [-0.05, 0) is 87.0 Å². The lowest BCUT2D eigenvalue weighted by Crippen LogP contribution is -1.89. The number of aromatic nitrogens is 3. The van der Waals surface area contributed by atoms with Gasteiger partial charge in [0.1, 0.15) is 12.1 Å². The lowest BCUT2D eigenvalue weighted by Gasteiger charge is -2.13. The summed E-state index contributed by atoms with van der Waals surface area (Å²) in [7, 11) is 0. The Labute approximate surface area is 278 Å². The summed E-state index contributed by atoms with van der Waals surface area (Å²) in [5, 5.41) is 27.9.